The van der Waals surface area contributed by atoms with Gasteiger partial charge in [-0.2, -0.15) is 0 Å². The molecule has 2 aromatic heterocycles. The van der Waals surface area contributed by atoms with Gasteiger partial charge in [0.2, 0.25) is 0 Å². The van der Waals surface area contributed by atoms with Gasteiger partial charge in [0.15, 0.2) is 11.2 Å². The first kappa shape index (κ1) is 13.9. The molecule has 0 fully saturated rings. The Balaban J connectivity index is 2.26. The van der Waals surface area contributed by atoms with Crippen LogP contribution in [0.4, 0.5) is 5.82 Å². The Kier molecular flexibility index (Phi) is 4.24. The predicted octanol–water partition coefficient (Wildman–Crippen LogP) is 1.68. The van der Waals surface area contributed by atoms with Crippen molar-refractivity contribution in [1.82, 2.24) is 15.0 Å². The highest BCUT2D eigenvalue weighted by Crippen LogP contribution is 2.11. The smallest absolute Gasteiger partial charge is 0.262 e. The zero-order valence-corrected chi connectivity index (χ0v) is 11.4. The van der Waals surface area contributed by atoms with E-state index in [-0.39, 0.29) is 11.0 Å². The van der Waals surface area contributed by atoms with Gasteiger partial charge in [-0.05, 0) is 13.3 Å². The second kappa shape index (κ2) is 6.10. The standard InChI is InChI=1S/C14H16N4O2/c1-3-4-11-13(16-6-5-15-11)18-14(20)10-8-17-9(2)7-12(10)19/h5-8H,3-4H2,1-2H3,(H,17,19)(H,16,18,20). The lowest BCUT2D eigenvalue weighted by molar-refractivity contribution is 0.102. The summed E-state index contributed by atoms with van der Waals surface area (Å²) in [5.41, 5.74) is 1.16. The largest absolute Gasteiger partial charge is 0.364 e. The van der Waals surface area contributed by atoms with Gasteiger partial charge in [-0.3, -0.25) is 14.6 Å². The highest BCUT2D eigenvalue weighted by molar-refractivity contribution is 6.03. The zero-order chi connectivity index (χ0) is 14.5. The number of H-pyrrole nitrogens is 1. The fraction of sp³-hybridized carbons (Fsp3) is 0.286. The molecule has 0 unspecified atom stereocenters. The van der Waals surface area contributed by atoms with E-state index in [1.807, 2.05) is 6.92 Å². The average Bonchev–Trinajstić information content (AvgIpc) is 2.41. The van der Waals surface area contributed by atoms with Crippen molar-refractivity contribution in [2.24, 2.45) is 0 Å². The lowest BCUT2D eigenvalue weighted by Crippen LogP contribution is -2.22. The number of pyridine rings is 1. The minimum Gasteiger partial charge on any atom is -0.364 e. The SMILES string of the molecule is CCCc1nccnc1NC(=O)c1c[nH]c(C)cc1=O. The highest BCUT2D eigenvalue weighted by Gasteiger charge is 2.13. The van der Waals surface area contributed by atoms with Gasteiger partial charge >= 0.3 is 0 Å². The molecule has 2 N–H and O–H groups in total. The Morgan fingerprint density at radius 3 is 2.80 bits per heavy atom. The summed E-state index contributed by atoms with van der Waals surface area (Å²) in [6.07, 6.45) is 6.11. The van der Waals surface area contributed by atoms with Crippen molar-refractivity contribution in [2.75, 3.05) is 5.32 Å². The van der Waals surface area contributed by atoms with E-state index in [0.29, 0.717) is 23.6 Å². The Morgan fingerprint density at radius 2 is 2.10 bits per heavy atom. The summed E-state index contributed by atoms with van der Waals surface area (Å²) in [6.45, 7) is 3.77. The predicted molar refractivity (Wildman–Crippen MR) is 75.8 cm³/mol. The van der Waals surface area contributed by atoms with Crippen LogP contribution in [0.25, 0.3) is 0 Å². The summed E-state index contributed by atoms with van der Waals surface area (Å²) in [7, 11) is 0. The molecular formula is C14H16N4O2. The molecule has 20 heavy (non-hydrogen) atoms. The molecule has 0 saturated carbocycles. The molecule has 6 nitrogen and oxygen atoms in total. The quantitative estimate of drug-likeness (QED) is 0.886. The van der Waals surface area contributed by atoms with Crippen LogP contribution in [-0.4, -0.2) is 20.9 Å². The lowest BCUT2D eigenvalue weighted by Gasteiger charge is -2.08. The summed E-state index contributed by atoms with van der Waals surface area (Å²) in [6, 6.07) is 1.39. The number of nitrogens with zero attached hydrogens (tertiary/aromatic N) is 2. The van der Waals surface area contributed by atoms with E-state index >= 15 is 0 Å². The molecule has 0 saturated heterocycles. The van der Waals surface area contributed by atoms with E-state index in [2.05, 4.69) is 20.3 Å². The monoisotopic (exact) mass is 272 g/mol. The van der Waals surface area contributed by atoms with E-state index in [1.165, 1.54) is 18.5 Å². The number of rotatable bonds is 4. The fourth-order valence-corrected chi connectivity index (χ4v) is 1.82. The first-order valence-corrected chi connectivity index (χ1v) is 6.42. The number of anilines is 1. The number of aromatic nitrogens is 3. The maximum absolute atomic E-state index is 12.1. The van der Waals surface area contributed by atoms with Crippen LogP contribution in [0.2, 0.25) is 0 Å². The Hall–Kier alpha value is -2.50. The van der Waals surface area contributed by atoms with E-state index in [9.17, 15) is 9.59 Å². The molecule has 104 valence electrons. The summed E-state index contributed by atoms with van der Waals surface area (Å²) < 4.78 is 0. The summed E-state index contributed by atoms with van der Waals surface area (Å²) in [5.74, 6) is -0.0802. The number of amides is 1. The maximum Gasteiger partial charge on any atom is 0.262 e. The molecule has 0 spiro atoms. The Bertz CT molecular complexity index is 679. The topological polar surface area (TPSA) is 87.7 Å². The van der Waals surface area contributed by atoms with E-state index < -0.39 is 5.91 Å². The van der Waals surface area contributed by atoms with Crippen molar-refractivity contribution >= 4 is 11.7 Å². The van der Waals surface area contributed by atoms with Crippen LogP contribution in [0.15, 0.2) is 29.5 Å². The molecule has 0 aliphatic heterocycles. The second-order valence-corrected chi connectivity index (χ2v) is 4.45. The van der Waals surface area contributed by atoms with Gasteiger partial charge in [-0.1, -0.05) is 13.3 Å². The third-order valence-electron chi connectivity index (χ3n) is 2.79. The number of hydrogen-bond donors (Lipinski definition) is 2. The maximum atomic E-state index is 12.1. The fourth-order valence-electron chi connectivity index (χ4n) is 1.82. The van der Waals surface area contributed by atoms with Gasteiger partial charge in [-0.25, -0.2) is 4.98 Å². The lowest BCUT2D eigenvalue weighted by atomic mass is 10.2. The molecule has 2 heterocycles. The van der Waals surface area contributed by atoms with Crippen LogP contribution in [0.1, 0.15) is 35.1 Å². The van der Waals surface area contributed by atoms with Crippen molar-refractivity contribution in [2.45, 2.75) is 26.7 Å². The molecule has 1 amide bonds. The van der Waals surface area contributed by atoms with Gasteiger partial charge in [0.25, 0.3) is 5.91 Å². The number of nitrogens with one attached hydrogen (secondary N) is 2. The highest BCUT2D eigenvalue weighted by atomic mass is 16.2. The third-order valence-corrected chi connectivity index (χ3v) is 2.79. The van der Waals surface area contributed by atoms with Crippen LogP contribution in [0, 0.1) is 6.92 Å². The average molecular weight is 272 g/mol. The van der Waals surface area contributed by atoms with E-state index in [1.54, 1.807) is 13.1 Å². The number of carbonyl (C=O) groups excluding carboxylic acids is 1. The molecule has 0 atom stereocenters. The molecule has 0 aromatic carbocycles. The number of carbonyl (C=O) groups is 1. The van der Waals surface area contributed by atoms with Gasteiger partial charge in [0, 0.05) is 30.4 Å². The van der Waals surface area contributed by atoms with Gasteiger partial charge in [0.1, 0.15) is 5.56 Å². The van der Waals surface area contributed by atoms with E-state index in [0.717, 1.165) is 6.42 Å². The van der Waals surface area contributed by atoms with Gasteiger partial charge < -0.3 is 10.3 Å². The molecule has 2 aromatic rings. The number of aromatic amines is 1. The van der Waals surface area contributed by atoms with Gasteiger partial charge in [-0.15, -0.1) is 0 Å². The normalized spacial score (nSPS) is 10.3. The molecule has 2 rings (SSSR count). The molecule has 6 heteroatoms. The van der Waals surface area contributed by atoms with Crippen LogP contribution in [0.3, 0.4) is 0 Å². The van der Waals surface area contributed by atoms with Crippen LogP contribution >= 0.6 is 0 Å². The van der Waals surface area contributed by atoms with Crippen molar-refractivity contribution in [3.8, 4) is 0 Å². The van der Waals surface area contributed by atoms with Crippen molar-refractivity contribution in [3.05, 3.63) is 51.8 Å². The molecular weight excluding hydrogens is 256 g/mol. The third kappa shape index (κ3) is 3.09. The number of aryl methyl sites for hydroxylation is 2. The molecule has 0 bridgehead atoms. The van der Waals surface area contributed by atoms with Crippen molar-refractivity contribution in [1.29, 1.82) is 0 Å². The minimum atomic E-state index is -0.482. The Morgan fingerprint density at radius 1 is 1.35 bits per heavy atom. The van der Waals surface area contributed by atoms with E-state index in [4.69, 9.17) is 0 Å². The first-order chi connectivity index (χ1) is 9.61. The second-order valence-electron chi connectivity index (χ2n) is 4.45. The van der Waals surface area contributed by atoms with Gasteiger partial charge in [0.05, 0.1) is 5.69 Å². The summed E-state index contributed by atoms with van der Waals surface area (Å²) in [4.78, 5) is 35.0. The first-order valence-electron chi connectivity index (χ1n) is 6.42. The molecule has 0 radical (unpaired) electrons. The molecule has 0 aliphatic carbocycles. The summed E-state index contributed by atoms with van der Waals surface area (Å²) >= 11 is 0. The minimum absolute atomic E-state index is 0.0590. The van der Waals surface area contributed by atoms with Crippen LogP contribution in [-0.2, 0) is 6.42 Å². The summed E-state index contributed by atoms with van der Waals surface area (Å²) in [5, 5.41) is 2.64. The van der Waals surface area contributed by atoms with Crippen molar-refractivity contribution in [3.63, 3.8) is 0 Å². The van der Waals surface area contributed by atoms with Crippen molar-refractivity contribution < 1.29 is 4.79 Å². The molecule has 0 aliphatic rings. The number of hydrogen-bond acceptors (Lipinski definition) is 4. The van der Waals surface area contributed by atoms with Crippen LogP contribution in [0.5, 0.6) is 0 Å². The Labute approximate surface area is 116 Å². The zero-order valence-electron chi connectivity index (χ0n) is 11.4. The van der Waals surface area contributed by atoms with Crippen LogP contribution < -0.4 is 10.7 Å².